The second kappa shape index (κ2) is 7.71. The van der Waals surface area contributed by atoms with Crippen LogP contribution in [0, 0.1) is 6.92 Å². The number of benzene rings is 3. The highest BCUT2D eigenvalue weighted by Crippen LogP contribution is 2.33. The number of rotatable bonds is 4. The van der Waals surface area contributed by atoms with Gasteiger partial charge in [0.05, 0.1) is 11.3 Å². The maximum Gasteiger partial charge on any atom is 0.231 e. The lowest BCUT2D eigenvalue weighted by molar-refractivity contribution is 0.474. The minimum absolute atomic E-state index is 0.0691. The summed E-state index contributed by atoms with van der Waals surface area (Å²) in [6, 6.07) is 18.5. The normalized spacial score (nSPS) is 11.8. The van der Waals surface area contributed by atoms with Crippen LogP contribution in [-0.2, 0) is 0 Å². The molecule has 0 aliphatic rings. The van der Waals surface area contributed by atoms with E-state index in [9.17, 15) is 5.11 Å². The first kappa shape index (κ1) is 18.0. The molecule has 0 atom stereocenters. The smallest absolute Gasteiger partial charge is 0.231 e. The van der Waals surface area contributed by atoms with Crippen molar-refractivity contribution in [1.29, 1.82) is 0 Å². The molecule has 4 rings (SSSR count). The summed E-state index contributed by atoms with van der Waals surface area (Å²) >= 11 is 5.87. The first-order chi connectivity index (χ1) is 13.6. The minimum Gasteiger partial charge on any atom is -0.507 e. The molecule has 0 unspecified atom stereocenters. The Labute approximate surface area is 167 Å². The number of halogens is 1. The lowest BCUT2D eigenvalue weighted by atomic mass is 10.2. The largest absolute Gasteiger partial charge is 0.507 e. The Morgan fingerprint density at radius 3 is 2.64 bits per heavy atom. The fraction of sp³-hybridized carbons (Fsp3) is 0.0435. The van der Waals surface area contributed by atoms with E-state index in [1.165, 1.54) is 0 Å². The van der Waals surface area contributed by atoms with Crippen LogP contribution in [-0.4, -0.2) is 16.3 Å². The number of aromatic hydroxyl groups is 1. The zero-order valence-electron chi connectivity index (χ0n) is 15.1. The molecule has 4 aromatic rings. The van der Waals surface area contributed by atoms with E-state index < -0.39 is 0 Å². The molecular weight excluding hydrogens is 372 g/mol. The van der Waals surface area contributed by atoms with Crippen molar-refractivity contribution >= 4 is 40.7 Å². The highest BCUT2D eigenvalue weighted by molar-refractivity contribution is 6.30. The third kappa shape index (κ3) is 3.97. The first-order valence-corrected chi connectivity index (χ1v) is 9.13. The van der Waals surface area contributed by atoms with E-state index in [1.807, 2.05) is 67.6 Å². The first-order valence-electron chi connectivity index (χ1n) is 8.75. The second-order valence-corrected chi connectivity index (χ2v) is 6.82. The SMILES string of the molecule is Cc1ccc2oc(-c3ccc(N=C/C=C\c4ccc(Cl)cc4)cc3O)nc2c1. The fourth-order valence-corrected chi connectivity index (χ4v) is 2.92. The van der Waals surface area contributed by atoms with Gasteiger partial charge < -0.3 is 9.52 Å². The summed E-state index contributed by atoms with van der Waals surface area (Å²) in [5, 5.41) is 11.1. The van der Waals surface area contributed by atoms with E-state index >= 15 is 0 Å². The molecule has 0 bridgehead atoms. The van der Waals surface area contributed by atoms with Gasteiger partial charge in [0.1, 0.15) is 11.3 Å². The van der Waals surface area contributed by atoms with Crippen LogP contribution in [0.25, 0.3) is 28.6 Å². The highest BCUT2D eigenvalue weighted by atomic mass is 35.5. The van der Waals surface area contributed by atoms with Crippen molar-refractivity contribution in [2.45, 2.75) is 6.92 Å². The maximum atomic E-state index is 10.4. The van der Waals surface area contributed by atoms with Crippen LogP contribution in [0.15, 0.2) is 76.1 Å². The van der Waals surface area contributed by atoms with E-state index in [2.05, 4.69) is 9.98 Å². The van der Waals surface area contributed by atoms with Crippen molar-refractivity contribution in [2.75, 3.05) is 0 Å². The Kier molecular flexibility index (Phi) is 4.96. The van der Waals surface area contributed by atoms with Crippen molar-refractivity contribution in [3.05, 3.63) is 82.9 Å². The van der Waals surface area contributed by atoms with Crippen molar-refractivity contribution in [2.24, 2.45) is 4.99 Å². The van der Waals surface area contributed by atoms with E-state index in [4.69, 9.17) is 16.0 Å². The molecule has 1 aromatic heterocycles. The fourth-order valence-electron chi connectivity index (χ4n) is 2.79. The summed E-state index contributed by atoms with van der Waals surface area (Å²) in [6.07, 6.45) is 5.43. The summed E-state index contributed by atoms with van der Waals surface area (Å²) in [4.78, 5) is 8.80. The van der Waals surface area contributed by atoms with Crippen LogP contribution in [0.3, 0.4) is 0 Å². The van der Waals surface area contributed by atoms with Gasteiger partial charge >= 0.3 is 0 Å². The van der Waals surface area contributed by atoms with Gasteiger partial charge in [0.25, 0.3) is 0 Å². The standard InChI is InChI=1S/C23H17ClN2O2/c1-15-4-11-22-20(13-15)26-23(28-22)19-10-9-18(14-21(19)27)25-12-2-3-16-5-7-17(24)8-6-16/h2-14,27H,1H3/b3-2-,25-12?. The van der Waals surface area contributed by atoms with Gasteiger partial charge in [0.15, 0.2) is 5.58 Å². The van der Waals surface area contributed by atoms with Gasteiger partial charge in [-0.2, -0.15) is 0 Å². The van der Waals surface area contributed by atoms with Gasteiger partial charge in [-0.05, 0) is 60.5 Å². The van der Waals surface area contributed by atoms with Crippen LogP contribution >= 0.6 is 11.6 Å². The molecule has 4 nitrogen and oxygen atoms in total. The van der Waals surface area contributed by atoms with E-state index in [0.29, 0.717) is 27.7 Å². The molecular formula is C23H17ClN2O2. The Morgan fingerprint density at radius 1 is 1.04 bits per heavy atom. The Bertz CT molecular complexity index is 1190. The van der Waals surface area contributed by atoms with Gasteiger partial charge in [-0.1, -0.05) is 35.9 Å². The predicted molar refractivity (Wildman–Crippen MR) is 114 cm³/mol. The quantitative estimate of drug-likeness (QED) is 0.402. The summed E-state index contributed by atoms with van der Waals surface area (Å²) in [6.45, 7) is 2.00. The summed E-state index contributed by atoms with van der Waals surface area (Å²) in [7, 11) is 0. The van der Waals surface area contributed by atoms with E-state index in [1.54, 1.807) is 18.3 Å². The predicted octanol–water partition coefficient (Wildman–Crippen LogP) is 6.58. The second-order valence-electron chi connectivity index (χ2n) is 6.38. The summed E-state index contributed by atoms with van der Waals surface area (Å²) < 4.78 is 5.76. The molecule has 3 aromatic carbocycles. The average Bonchev–Trinajstić information content (AvgIpc) is 3.09. The number of phenols is 1. The molecule has 0 saturated carbocycles. The number of hydrogen-bond donors (Lipinski definition) is 1. The van der Waals surface area contributed by atoms with Crippen LogP contribution in [0.4, 0.5) is 5.69 Å². The lowest BCUT2D eigenvalue weighted by Crippen LogP contribution is -1.79. The Hall–Kier alpha value is -3.37. The topological polar surface area (TPSA) is 58.6 Å². The third-order valence-electron chi connectivity index (χ3n) is 4.22. The van der Waals surface area contributed by atoms with Gasteiger partial charge in [0, 0.05) is 17.3 Å². The molecule has 0 saturated heterocycles. The van der Waals surface area contributed by atoms with Crippen LogP contribution in [0.5, 0.6) is 5.75 Å². The van der Waals surface area contributed by atoms with Crippen LogP contribution in [0.1, 0.15) is 11.1 Å². The average molecular weight is 389 g/mol. The zero-order valence-corrected chi connectivity index (χ0v) is 15.9. The molecule has 0 aliphatic carbocycles. The maximum absolute atomic E-state index is 10.4. The molecule has 5 heteroatoms. The Morgan fingerprint density at radius 2 is 1.86 bits per heavy atom. The van der Waals surface area contributed by atoms with Crippen LogP contribution < -0.4 is 0 Å². The number of aryl methyl sites for hydroxylation is 1. The monoisotopic (exact) mass is 388 g/mol. The molecule has 0 amide bonds. The minimum atomic E-state index is 0.0691. The van der Waals surface area contributed by atoms with Gasteiger partial charge in [-0.3, -0.25) is 4.99 Å². The van der Waals surface area contributed by atoms with Gasteiger partial charge in [0.2, 0.25) is 5.89 Å². The number of aromatic nitrogens is 1. The number of hydrogen-bond acceptors (Lipinski definition) is 4. The van der Waals surface area contributed by atoms with Crippen LogP contribution in [0.2, 0.25) is 5.02 Å². The number of fused-ring (bicyclic) bond motifs is 1. The molecule has 0 spiro atoms. The number of oxazole rings is 1. The van der Waals surface area contributed by atoms with Crippen molar-refractivity contribution in [3.63, 3.8) is 0 Å². The molecule has 1 N–H and O–H groups in total. The van der Waals surface area contributed by atoms with Gasteiger partial charge in [-0.15, -0.1) is 0 Å². The summed E-state index contributed by atoms with van der Waals surface area (Å²) in [5.41, 5.74) is 4.75. The number of allylic oxidation sites excluding steroid dienone is 1. The number of phenolic OH excluding ortho intramolecular Hbond substituents is 1. The van der Waals surface area contributed by atoms with Crippen molar-refractivity contribution in [3.8, 4) is 17.2 Å². The zero-order chi connectivity index (χ0) is 19.5. The molecule has 138 valence electrons. The third-order valence-corrected chi connectivity index (χ3v) is 4.48. The van der Waals surface area contributed by atoms with E-state index in [0.717, 1.165) is 16.6 Å². The summed E-state index contributed by atoms with van der Waals surface area (Å²) in [5.74, 6) is 0.455. The Balaban J connectivity index is 1.52. The lowest BCUT2D eigenvalue weighted by Gasteiger charge is -2.01. The molecule has 0 aliphatic heterocycles. The van der Waals surface area contributed by atoms with E-state index in [-0.39, 0.29) is 5.75 Å². The molecule has 0 fully saturated rings. The van der Waals surface area contributed by atoms with Crippen molar-refractivity contribution in [1.82, 2.24) is 4.98 Å². The highest BCUT2D eigenvalue weighted by Gasteiger charge is 2.12. The number of nitrogens with zero attached hydrogens (tertiary/aromatic N) is 2. The molecule has 1 heterocycles. The molecule has 0 radical (unpaired) electrons. The van der Waals surface area contributed by atoms with Gasteiger partial charge in [-0.25, -0.2) is 4.98 Å². The van der Waals surface area contributed by atoms with Crippen molar-refractivity contribution < 1.29 is 9.52 Å². The molecule has 28 heavy (non-hydrogen) atoms. The number of aliphatic imine (C=N–C) groups is 1.